The Kier molecular flexibility index (Phi) is 3.70. The third kappa shape index (κ3) is 2.83. The molecule has 0 fully saturated rings. The van der Waals surface area contributed by atoms with Crippen LogP contribution < -0.4 is 5.32 Å². The van der Waals surface area contributed by atoms with E-state index >= 15 is 0 Å². The number of imidazole rings is 1. The van der Waals surface area contributed by atoms with Crippen molar-refractivity contribution in [3.8, 4) is 11.3 Å². The SMILES string of the molecule is Clc1ccc(CNc2ccccc2-c2cnc[nH]2)cc1. The van der Waals surface area contributed by atoms with E-state index in [1.807, 2.05) is 42.6 Å². The molecular weight excluding hydrogens is 270 g/mol. The third-order valence-electron chi connectivity index (χ3n) is 3.11. The fraction of sp³-hybridized carbons (Fsp3) is 0.0625. The van der Waals surface area contributed by atoms with Crippen molar-refractivity contribution in [2.75, 3.05) is 5.32 Å². The Morgan fingerprint density at radius 2 is 1.85 bits per heavy atom. The van der Waals surface area contributed by atoms with Crippen LogP contribution in [-0.4, -0.2) is 9.97 Å². The van der Waals surface area contributed by atoms with Gasteiger partial charge in [-0.3, -0.25) is 0 Å². The summed E-state index contributed by atoms with van der Waals surface area (Å²) >= 11 is 5.89. The molecule has 0 saturated heterocycles. The van der Waals surface area contributed by atoms with Crippen LogP contribution >= 0.6 is 11.6 Å². The lowest BCUT2D eigenvalue weighted by atomic mass is 10.1. The molecule has 3 nitrogen and oxygen atoms in total. The van der Waals surface area contributed by atoms with Crippen molar-refractivity contribution >= 4 is 17.3 Å². The molecular formula is C16H14ClN3. The van der Waals surface area contributed by atoms with Crippen LogP contribution in [-0.2, 0) is 6.54 Å². The summed E-state index contributed by atoms with van der Waals surface area (Å²) in [4.78, 5) is 7.20. The quantitative estimate of drug-likeness (QED) is 0.748. The smallest absolute Gasteiger partial charge is 0.0924 e. The molecule has 2 aromatic carbocycles. The van der Waals surface area contributed by atoms with E-state index in [0.29, 0.717) is 0 Å². The van der Waals surface area contributed by atoms with Gasteiger partial charge in [0.1, 0.15) is 0 Å². The zero-order valence-electron chi connectivity index (χ0n) is 10.8. The molecule has 2 N–H and O–H groups in total. The van der Waals surface area contributed by atoms with Crippen LogP contribution in [0, 0.1) is 0 Å². The summed E-state index contributed by atoms with van der Waals surface area (Å²) in [5.41, 5.74) is 4.38. The van der Waals surface area contributed by atoms with E-state index in [0.717, 1.165) is 28.5 Å². The second kappa shape index (κ2) is 5.80. The lowest BCUT2D eigenvalue weighted by Gasteiger charge is -2.11. The number of nitrogens with one attached hydrogen (secondary N) is 2. The lowest BCUT2D eigenvalue weighted by molar-refractivity contribution is 1.15. The van der Waals surface area contributed by atoms with Crippen molar-refractivity contribution in [3.63, 3.8) is 0 Å². The Morgan fingerprint density at radius 3 is 2.60 bits per heavy atom. The molecule has 20 heavy (non-hydrogen) atoms. The van der Waals surface area contributed by atoms with Crippen molar-refractivity contribution in [3.05, 3.63) is 71.6 Å². The average molecular weight is 284 g/mol. The van der Waals surface area contributed by atoms with Gasteiger partial charge in [0.05, 0.1) is 18.2 Å². The number of hydrogen-bond acceptors (Lipinski definition) is 2. The Balaban J connectivity index is 1.79. The van der Waals surface area contributed by atoms with E-state index in [4.69, 9.17) is 11.6 Å². The van der Waals surface area contributed by atoms with E-state index in [2.05, 4.69) is 27.4 Å². The minimum atomic E-state index is 0.752. The summed E-state index contributed by atoms with van der Waals surface area (Å²) < 4.78 is 0. The van der Waals surface area contributed by atoms with Crippen molar-refractivity contribution in [1.29, 1.82) is 0 Å². The summed E-state index contributed by atoms with van der Waals surface area (Å²) in [7, 11) is 0. The first-order chi connectivity index (χ1) is 9.83. The molecule has 4 heteroatoms. The van der Waals surface area contributed by atoms with Crippen LogP contribution in [0.4, 0.5) is 5.69 Å². The van der Waals surface area contributed by atoms with E-state index in [-0.39, 0.29) is 0 Å². The normalized spacial score (nSPS) is 10.4. The molecule has 1 aromatic heterocycles. The van der Waals surface area contributed by atoms with Gasteiger partial charge >= 0.3 is 0 Å². The van der Waals surface area contributed by atoms with Gasteiger partial charge in [-0.15, -0.1) is 0 Å². The molecule has 0 radical (unpaired) electrons. The van der Waals surface area contributed by atoms with Gasteiger partial charge in [-0.1, -0.05) is 41.9 Å². The highest BCUT2D eigenvalue weighted by molar-refractivity contribution is 6.30. The maximum Gasteiger partial charge on any atom is 0.0924 e. The molecule has 0 unspecified atom stereocenters. The first-order valence-electron chi connectivity index (χ1n) is 6.39. The standard InChI is InChI=1S/C16H14ClN3/c17-13-7-5-12(6-8-13)9-19-15-4-2-1-3-14(15)16-10-18-11-20-16/h1-8,10-11,19H,9H2,(H,18,20). The summed E-state index contributed by atoms with van der Waals surface area (Å²) in [6, 6.07) is 16.0. The second-order valence-electron chi connectivity index (χ2n) is 4.49. The number of aromatic nitrogens is 2. The second-order valence-corrected chi connectivity index (χ2v) is 4.93. The van der Waals surface area contributed by atoms with E-state index < -0.39 is 0 Å². The van der Waals surface area contributed by atoms with Gasteiger partial charge < -0.3 is 10.3 Å². The Hall–Kier alpha value is -2.26. The van der Waals surface area contributed by atoms with Gasteiger partial charge in [-0.25, -0.2) is 4.98 Å². The highest BCUT2D eigenvalue weighted by atomic mass is 35.5. The zero-order valence-corrected chi connectivity index (χ0v) is 11.6. The topological polar surface area (TPSA) is 40.7 Å². The Labute approximate surface area is 122 Å². The van der Waals surface area contributed by atoms with Crippen molar-refractivity contribution in [2.24, 2.45) is 0 Å². The Bertz CT molecular complexity index is 675. The van der Waals surface area contributed by atoms with E-state index in [1.165, 1.54) is 5.56 Å². The number of halogens is 1. The molecule has 1 heterocycles. The van der Waals surface area contributed by atoms with E-state index in [1.54, 1.807) is 6.33 Å². The van der Waals surface area contributed by atoms with Gasteiger partial charge in [0.25, 0.3) is 0 Å². The first kappa shape index (κ1) is 12.8. The lowest BCUT2D eigenvalue weighted by Crippen LogP contribution is -2.00. The number of rotatable bonds is 4. The number of aromatic amines is 1. The highest BCUT2D eigenvalue weighted by Gasteiger charge is 2.05. The number of para-hydroxylation sites is 1. The first-order valence-corrected chi connectivity index (χ1v) is 6.77. The molecule has 0 atom stereocenters. The van der Waals surface area contributed by atoms with Crippen molar-refractivity contribution in [2.45, 2.75) is 6.54 Å². The molecule has 0 amide bonds. The summed E-state index contributed by atoms with van der Waals surface area (Å²) in [5, 5.41) is 4.20. The number of H-pyrrole nitrogens is 1. The predicted molar refractivity (Wildman–Crippen MR) is 82.8 cm³/mol. The van der Waals surface area contributed by atoms with Gasteiger partial charge in [-0.05, 0) is 23.8 Å². The average Bonchev–Trinajstić information content (AvgIpc) is 3.01. The zero-order chi connectivity index (χ0) is 13.8. The number of nitrogens with zero attached hydrogens (tertiary/aromatic N) is 1. The number of benzene rings is 2. The molecule has 0 saturated carbocycles. The molecule has 0 aliphatic carbocycles. The van der Waals surface area contributed by atoms with Gasteiger partial charge in [0.15, 0.2) is 0 Å². The molecule has 3 aromatic rings. The summed E-state index contributed by atoms with van der Waals surface area (Å²) in [5.74, 6) is 0. The Morgan fingerprint density at radius 1 is 1.05 bits per heavy atom. The van der Waals surface area contributed by atoms with E-state index in [9.17, 15) is 0 Å². The van der Waals surface area contributed by atoms with Crippen LogP contribution in [0.5, 0.6) is 0 Å². The fourth-order valence-corrected chi connectivity index (χ4v) is 2.20. The van der Waals surface area contributed by atoms with Crippen LogP contribution in [0.25, 0.3) is 11.3 Å². The van der Waals surface area contributed by atoms with Gasteiger partial charge in [-0.2, -0.15) is 0 Å². The predicted octanol–water partition coefficient (Wildman–Crippen LogP) is 4.34. The van der Waals surface area contributed by atoms with Crippen LogP contribution in [0.15, 0.2) is 61.1 Å². The monoisotopic (exact) mass is 283 g/mol. The minimum absolute atomic E-state index is 0.752. The third-order valence-corrected chi connectivity index (χ3v) is 3.36. The number of hydrogen-bond donors (Lipinski definition) is 2. The van der Waals surface area contributed by atoms with Crippen molar-refractivity contribution < 1.29 is 0 Å². The van der Waals surface area contributed by atoms with Crippen molar-refractivity contribution in [1.82, 2.24) is 9.97 Å². The fourth-order valence-electron chi connectivity index (χ4n) is 2.07. The molecule has 3 rings (SSSR count). The summed E-state index contributed by atoms with van der Waals surface area (Å²) in [6.07, 6.45) is 3.51. The highest BCUT2D eigenvalue weighted by Crippen LogP contribution is 2.26. The molecule has 0 aliphatic rings. The molecule has 0 spiro atoms. The summed E-state index contributed by atoms with van der Waals surface area (Å²) in [6.45, 7) is 0.752. The minimum Gasteiger partial charge on any atom is -0.380 e. The van der Waals surface area contributed by atoms with Crippen LogP contribution in [0.2, 0.25) is 5.02 Å². The molecule has 100 valence electrons. The van der Waals surface area contributed by atoms with Gasteiger partial charge in [0, 0.05) is 22.8 Å². The maximum absolute atomic E-state index is 5.89. The molecule has 0 aliphatic heterocycles. The largest absolute Gasteiger partial charge is 0.380 e. The van der Waals surface area contributed by atoms with Crippen LogP contribution in [0.1, 0.15) is 5.56 Å². The van der Waals surface area contributed by atoms with Crippen LogP contribution in [0.3, 0.4) is 0 Å². The number of anilines is 1. The molecule has 0 bridgehead atoms. The van der Waals surface area contributed by atoms with Gasteiger partial charge in [0.2, 0.25) is 0 Å². The maximum atomic E-state index is 5.89.